The van der Waals surface area contributed by atoms with Gasteiger partial charge in [0, 0.05) is 12.5 Å². The predicted octanol–water partition coefficient (Wildman–Crippen LogP) is 1.17. The molecular formula is C12H19NO6. The number of carboxylic acid groups (broad SMARTS) is 2. The van der Waals surface area contributed by atoms with Crippen LogP contribution in [-0.2, 0) is 14.3 Å². The highest BCUT2D eigenvalue weighted by Gasteiger charge is 2.44. The normalized spacial score (nSPS) is 23.2. The molecule has 1 aliphatic rings. The monoisotopic (exact) mass is 273 g/mol. The van der Waals surface area contributed by atoms with Gasteiger partial charge in [-0.05, 0) is 27.2 Å². The molecule has 1 rings (SSSR count). The third-order valence-electron chi connectivity index (χ3n) is 2.84. The van der Waals surface area contributed by atoms with Gasteiger partial charge in [-0.3, -0.25) is 9.69 Å². The minimum absolute atomic E-state index is 0.198. The first-order chi connectivity index (χ1) is 8.61. The maximum absolute atomic E-state index is 11.9. The van der Waals surface area contributed by atoms with Gasteiger partial charge in [-0.25, -0.2) is 9.59 Å². The third-order valence-corrected chi connectivity index (χ3v) is 2.84. The van der Waals surface area contributed by atoms with Gasteiger partial charge in [-0.2, -0.15) is 0 Å². The molecule has 1 fully saturated rings. The third kappa shape index (κ3) is 4.11. The fraction of sp³-hybridized carbons (Fsp3) is 0.750. The molecule has 0 saturated carbocycles. The maximum atomic E-state index is 11.9. The number of nitrogens with zero attached hydrogens (tertiary/aromatic N) is 1. The highest BCUT2D eigenvalue weighted by molar-refractivity contribution is 5.82. The second-order valence-electron chi connectivity index (χ2n) is 5.60. The Morgan fingerprint density at radius 1 is 1.26 bits per heavy atom. The molecule has 0 unspecified atom stereocenters. The van der Waals surface area contributed by atoms with Crippen LogP contribution in [-0.4, -0.2) is 51.3 Å². The summed E-state index contributed by atoms with van der Waals surface area (Å²) in [5.41, 5.74) is -0.717. The van der Waals surface area contributed by atoms with Crippen molar-refractivity contribution in [1.82, 2.24) is 4.90 Å². The fourth-order valence-corrected chi connectivity index (χ4v) is 2.15. The summed E-state index contributed by atoms with van der Waals surface area (Å²) in [4.78, 5) is 34.9. The lowest BCUT2D eigenvalue weighted by molar-refractivity contribution is -0.144. The number of amides is 1. The molecule has 0 spiro atoms. The number of hydrogen-bond donors (Lipinski definition) is 2. The molecule has 2 atom stereocenters. The lowest BCUT2D eigenvalue weighted by Crippen LogP contribution is -2.45. The van der Waals surface area contributed by atoms with Crippen molar-refractivity contribution in [2.45, 2.75) is 45.3 Å². The lowest BCUT2D eigenvalue weighted by Gasteiger charge is -2.28. The zero-order chi connectivity index (χ0) is 14.8. The van der Waals surface area contributed by atoms with Gasteiger partial charge in [0.15, 0.2) is 0 Å². The van der Waals surface area contributed by atoms with Crippen LogP contribution >= 0.6 is 0 Å². The van der Waals surface area contributed by atoms with Crippen LogP contribution in [0.2, 0.25) is 0 Å². The van der Waals surface area contributed by atoms with Crippen molar-refractivity contribution in [2.24, 2.45) is 5.92 Å². The Kier molecular flexibility index (Phi) is 4.39. The van der Waals surface area contributed by atoms with Crippen LogP contribution in [0.3, 0.4) is 0 Å². The van der Waals surface area contributed by atoms with Crippen LogP contribution in [0, 0.1) is 5.92 Å². The molecule has 1 amide bonds. The van der Waals surface area contributed by atoms with Crippen LogP contribution in [0.4, 0.5) is 4.79 Å². The van der Waals surface area contributed by atoms with Crippen molar-refractivity contribution in [1.29, 1.82) is 0 Å². The van der Waals surface area contributed by atoms with E-state index in [1.165, 1.54) is 0 Å². The van der Waals surface area contributed by atoms with Gasteiger partial charge >= 0.3 is 18.0 Å². The minimum atomic E-state index is -1.20. The van der Waals surface area contributed by atoms with E-state index in [1.54, 1.807) is 20.8 Å². The van der Waals surface area contributed by atoms with Gasteiger partial charge in [0.25, 0.3) is 0 Å². The van der Waals surface area contributed by atoms with Crippen LogP contribution in [0.15, 0.2) is 0 Å². The quantitative estimate of drug-likeness (QED) is 0.799. The standard InChI is InChI=1S/C12H19NO6/c1-12(2,3)19-11(18)13-5-4-7(6-8(14)15)9(13)10(16)17/h7,9H,4-6H2,1-3H3,(H,14,15)(H,16,17)/t7-,9-/m0/s1. The van der Waals surface area contributed by atoms with E-state index in [2.05, 4.69) is 0 Å². The number of carboxylic acids is 2. The van der Waals surface area contributed by atoms with Gasteiger partial charge in [0.2, 0.25) is 0 Å². The van der Waals surface area contributed by atoms with E-state index < -0.39 is 35.6 Å². The zero-order valence-corrected chi connectivity index (χ0v) is 11.3. The Bertz CT molecular complexity index is 386. The molecule has 19 heavy (non-hydrogen) atoms. The molecule has 7 nitrogen and oxygen atoms in total. The summed E-state index contributed by atoms with van der Waals surface area (Å²) in [6, 6.07) is -1.13. The first-order valence-corrected chi connectivity index (χ1v) is 6.06. The van der Waals surface area contributed by atoms with Gasteiger partial charge in [-0.15, -0.1) is 0 Å². The highest BCUT2D eigenvalue weighted by atomic mass is 16.6. The average molecular weight is 273 g/mol. The smallest absolute Gasteiger partial charge is 0.411 e. The summed E-state index contributed by atoms with van der Waals surface area (Å²) in [6.07, 6.45) is -0.633. The summed E-state index contributed by atoms with van der Waals surface area (Å²) in [7, 11) is 0. The summed E-state index contributed by atoms with van der Waals surface area (Å²) in [5, 5.41) is 17.9. The Labute approximate surface area is 111 Å². The molecule has 0 radical (unpaired) electrons. The molecule has 0 aliphatic carbocycles. The molecule has 1 saturated heterocycles. The van der Waals surface area contributed by atoms with Crippen molar-refractivity contribution in [3.63, 3.8) is 0 Å². The predicted molar refractivity (Wildman–Crippen MR) is 64.7 cm³/mol. The Morgan fingerprint density at radius 2 is 1.84 bits per heavy atom. The molecule has 0 aromatic rings. The van der Waals surface area contributed by atoms with Gasteiger partial charge < -0.3 is 14.9 Å². The van der Waals surface area contributed by atoms with E-state index >= 15 is 0 Å². The Balaban J connectivity index is 2.81. The summed E-state index contributed by atoms with van der Waals surface area (Å²) in [6.45, 7) is 5.26. The number of rotatable bonds is 3. The molecule has 0 aromatic heterocycles. The molecular weight excluding hydrogens is 254 g/mol. The molecule has 1 aliphatic heterocycles. The molecule has 0 bridgehead atoms. The molecule has 108 valence electrons. The Hall–Kier alpha value is -1.79. The van der Waals surface area contributed by atoms with Crippen LogP contribution in [0.25, 0.3) is 0 Å². The maximum Gasteiger partial charge on any atom is 0.411 e. The van der Waals surface area contributed by atoms with Crippen LogP contribution in [0.1, 0.15) is 33.6 Å². The van der Waals surface area contributed by atoms with Crippen molar-refractivity contribution in [3.05, 3.63) is 0 Å². The molecule has 1 heterocycles. The summed E-state index contributed by atoms with van der Waals surface area (Å²) >= 11 is 0. The molecule has 2 N–H and O–H groups in total. The van der Waals surface area contributed by atoms with E-state index in [1.807, 2.05) is 0 Å². The van der Waals surface area contributed by atoms with Crippen molar-refractivity contribution >= 4 is 18.0 Å². The van der Waals surface area contributed by atoms with E-state index in [0.717, 1.165) is 4.90 Å². The van der Waals surface area contributed by atoms with E-state index in [4.69, 9.17) is 9.84 Å². The first kappa shape index (κ1) is 15.3. The fourth-order valence-electron chi connectivity index (χ4n) is 2.15. The molecule has 0 aromatic carbocycles. The van der Waals surface area contributed by atoms with Crippen molar-refractivity contribution in [2.75, 3.05) is 6.54 Å². The summed E-state index contributed by atoms with van der Waals surface area (Å²) in [5.74, 6) is -2.85. The van der Waals surface area contributed by atoms with E-state index in [-0.39, 0.29) is 13.0 Å². The van der Waals surface area contributed by atoms with E-state index in [0.29, 0.717) is 6.42 Å². The van der Waals surface area contributed by atoms with Gasteiger partial charge in [0.05, 0.1) is 6.42 Å². The highest BCUT2D eigenvalue weighted by Crippen LogP contribution is 2.29. The van der Waals surface area contributed by atoms with Crippen LogP contribution in [0.5, 0.6) is 0 Å². The largest absolute Gasteiger partial charge is 0.481 e. The lowest BCUT2D eigenvalue weighted by atomic mass is 9.97. The number of carbonyl (C=O) groups is 3. The second kappa shape index (κ2) is 5.46. The average Bonchev–Trinajstić information content (AvgIpc) is 2.57. The van der Waals surface area contributed by atoms with Gasteiger partial charge in [-0.1, -0.05) is 0 Å². The van der Waals surface area contributed by atoms with Crippen LogP contribution < -0.4 is 0 Å². The SMILES string of the molecule is CC(C)(C)OC(=O)N1CC[C@@H](CC(=O)O)[C@H]1C(=O)O. The summed E-state index contributed by atoms with van der Waals surface area (Å²) < 4.78 is 5.13. The van der Waals surface area contributed by atoms with Gasteiger partial charge in [0.1, 0.15) is 11.6 Å². The minimum Gasteiger partial charge on any atom is -0.481 e. The Morgan fingerprint density at radius 3 is 2.26 bits per heavy atom. The first-order valence-electron chi connectivity index (χ1n) is 6.06. The second-order valence-corrected chi connectivity index (χ2v) is 5.60. The topological polar surface area (TPSA) is 104 Å². The number of carbonyl (C=O) groups excluding carboxylic acids is 1. The van der Waals surface area contributed by atoms with Crippen molar-refractivity contribution < 1.29 is 29.3 Å². The number of hydrogen-bond acceptors (Lipinski definition) is 4. The number of likely N-dealkylation sites (tertiary alicyclic amines) is 1. The zero-order valence-electron chi connectivity index (χ0n) is 11.3. The molecule has 7 heteroatoms. The number of aliphatic carboxylic acids is 2. The van der Waals surface area contributed by atoms with E-state index in [9.17, 15) is 19.5 Å². The number of ether oxygens (including phenoxy) is 1. The van der Waals surface area contributed by atoms with Crippen molar-refractivity contribution in [3.8, 4) is 0 Å².